The molecule has 5 heteroatoms. The molecule has 0 radical (unpaired) electrons. The van der Waals surface area contributed by atoms with Gasteiger partial charge < -0.3 is 10.3 Å². The van der Waals surface area contributed by atoms with Crippen LogP contribution in [0.3, 0.4) is 0 Å². The lowest BCUT2D eigenvalue weighted by molar-refractivity contribution is 0.312. The van der Waals surface area contributed by atoms with Gasteiger partial charge in [-0.1, -0.05) is 21.1 Å². The monoisotopic (exact) mass is 295 g/mol. The summed E-state index contributed by atoms with van der Waals surface area (Å²) in [6.07, 6.45) is 0. The molecule has 0 spiro atoms. The highest BCUT2D eigenvalue weighted by Gasteiger charge is 2.23. The predicted octanol–water partition coefficient (Wildman–Crippen LogP) is 3.00. The van der Waals surface area contributed by atoms with Crippen molar-refractivity contribution in [3.63, 3.8) is 0 Å². The van der Waals surface area contributed by atoms with E-state index in [0.717, 1.165) is 15.6 Å². The summed E-state index contributed by atoms with van der Waals surface area (Å²) in [7, 11) is 0. The van der Waals surface area contributed by atoms with Crippen molar-refractivity contribution in [3.8, 4) is 11.4 Å². The van der Waals surface area contributed by atoms with E-state index in [-0.39, 0.29) is 0 Å². The number of hydrogen-bond donors (Lipinski definition) is 1. The van der Waals surface area contributed by atoms with Gasteiger partial charge in [0.05, 0.1) is 5.54 Å². The van der Waals surface area contributed by atoms with Crippen molar-refractivity contribution in [1.29, 1.82) is 0 Å². The van der Waals surface area contributed by atoms with E-state index < -0.39 is 5.54 Å². The molecule has 1 aromatic heterocycles. The van der Waals surface area contributed by atoms with Crippen LogP contribution >= 0.6 is 15.9 Å². The van der Waals surface area contributed by atoms with E-state index in [9.17, 15) is 0 Å². The molecule has 0 aliphatic rings. The fraction of sp³-hybridized carbons (Fsp3) is 0.333. The highest BCUT2D eigenvalue weighted by molar-refractivity contribution is 9.10. The summed E-state index contributed by atoms with van der Waals surface area (Å²) in [5, 5.41) is 3.96. The molecule has 2 rings (SSSR count). The summed E-state index contributed by atoms with van der Waals surface area (Å²) < 4.78 is 6.20. The van der Waals surface area contributed by atoms with E-state index in [0.29, 0.717) is 11.7 Å². The Kier molecular flexibility index (Phi) is 3.05. The minimum Gasteiger partial charge on any atom is -0.337 e. The first-order valence-electron chi connectivity index (χ1n) is 5.27. The van der Waals surface area contributed by atoms with Gasteiger partial charge >= 0.3 is 0 Å². The Morgan fingerprint density at radius 2 is 2.06 bits per heavy atom. The highest BCUT2D eigenvalue weighted by Crippen LogP contribution is 2.25. The zero-order valence-corrected chi connectivity index (χ0v) is 11.6. The van der Waals surface area contributed by atoms with E-state index in [1.54, 1.807) is 0 Å². The van der Waals surface area contributed by atoms with Crippen LogP contribution in [0.4, 0.5) is 0 Å². The number of aromatic nitrogens is 2. The van der Waals surface area contributed by atoms with Crippen LogP contribution in [-0.4, -0.2) is 10.1 Å². The minimum absolute atomic E-state index is 0.440. The molecule has 90 valence electrons. The lowest BCUT2D eigenvalue weighted by Crippen LogP contribution is -2.28. The Labute approximate surface area is 108 Å². The van der Waals surface area contributed by atoms with Crippen molar-refractivity contribution in [2.24, 2.45) is 5.73 Å². The Balaban J connectivity index is 2.44. The van der Waals surface area contributed by atoms with Crippen molar-refractivity contribution in [2.75, 3.05) is 0 Å². The van der Waals surface area contributed by atoms with E-state index in [4.69, 9.17) is 10.3 Å². The summed E-state index contributed by atoms with van der Waals surface area (Å²) >= 11 is 3.42. The van der Waals surface area contributed by atoms with Crippen molar-refractivity contribution in [1.82, 2.24) is 10.1 Å². The van der Waals surface area contributed by atoms with Gasteiger partial charge in [0.2, 0.25) is 11.7 Å². The zero-order chi connectivity index (χ0) is 12.6. The lowest BCUT2D eigenvalue weighted by atomic mass is 10.1. The van der Waals surface area contributed by atoms with Crippen LogP contribution in [0.5, 0.6) is 0 Å². The molecule has 0 aliphatic heterocycles. The molecule has 2 aromatic rings. The van der Waals surface area contributed by atoms with Gasteiger partial charge in [0.25, 0.3) is 0 Å². The average molecular weight is 296 g/mol. The summed E-state index contributed by atoms with van der Waals surface area (Å²) in [4.78, 5) is 4.32. The third-order valence-electron chi connectivity index (χ3n) is 2.41. The van der Waals surface area contributed by atoms with Gasteiger partial charge in [-0.2, -0.15) is 4.98 Å². The molecule has 0 unspecified atom stereocenters. The fourth-order valence-electron chi connectivity index (χ4n) is 1.47. The average Bonchev–Trinajstić information content (AvgIpc) is 2.65. The van der Waals surface area contributed by atoms with E-state index in [1.807, 2.05) is 39.0 Å². The van der Waals surface area contributed by atoms with Gasteiger partial charge in [-0.3, -0.25) is 0 Å². The van der Waals surface area contributed by atoms with Crippen LogP contribution in [-0.2, 0) is 5.54 Å². The lowest BCUT2D eigenvalue weighted by Gasteiger charge is -2.10. The van der Waals surface area contributed by atoms with Crippen LogP contribution in [0, 0.1) is 6.92 Å². The molecule has 2 N–H and O–H groups in total. The Hall–Kier alpha value is -1.20. The second kappa shape index (κ2) is 4.23. The number of nitrogens with zero attached hydrogens (tertiary/aromatic N) is 2. The Bertz CT molecular complexity index is 543. The summed E-state index contributed by atoms with van der Waals surface area (Å²) in [6, 6.07) is 5.92. The number of rotatable bonds is 2. The van der Waals surface area contributed by atoms with Crippen LogP contribution in [0.2, 0.25) is 0 Å². The highest BCUT2D eigenvalue weighted by atomic mass is 79.9. The molecule has 1 aromatic carbocycles. The predicted molar refractivity (Wildman–Crippen MR) is 69.4 cm³/mol. The molecule has 0 atom stereocenters. The van der Waals surface area contributed by atoms with E-state index in [1.165, 1.54) is 0 Å². The minimum atomic E-state index is -0.617. The molecular weight excluding hydrogens is 282 g/mol. The van der Waals surface area contributed by atoms with Crippen LogP contribution in [0.1, 0.15) is 25.3 Å². The number of benzene rings is 1. The van der Waals surface area contributed by atoms with Crippen molar-refractivity contribution < 1.29 is 4.52 Å². The molecule has 0 saturated heterocycles. The van der Waals surface area contributed by atoms with Gasteiger partial charge in [-0.15, -0.1) is 0 Å². The Morgan fingerprint density at radius 3 is 2.59 bits per heavy atom. The van der Waals surface area contributed by atoms with Crippen LogP contribution < -0.4 is 5.73 Å². The molecular formula is C12H14BrN3O. The maximum Gasteiger partial charge on any atom is 0.246 e. The number of aryl methyl sites for hydroxylation is 1. The maximum absolute atomic E-state index is 5.91. The van der Waals surface area contributed by atoms with Gasteiger partial charge in [-0.25, -0.2) is 0 Å². The summed E-state index contributed by atoms with van der Waals surface area (Å²) in [5.41, 5.74) is 7.33. The normalized spacial score (nSPS) is 11.8. The number of nitrogens with two attached hydrogens (primary N) is 1. The van der Waals surface area contributed by atoms with Gasteiger partial charge in [0.1, 0.15) is 0 Å². The standard InChI is InChI=1S/C12H14BrN3O/c1-7-6-8(13)4-5-9(7)10-15-11(17-16-10)12(2,3)14/h4-6H,14H2,1-3H3. The molecule has 0 bridgehead atoms. The van der Waals surface area contributed by atoms with Crippen molar-refractivity contribution in [2.45, 2.75) is 26.3 Å². The third-order valence-corrected chi connectivity index (χ3v) is 2.90. The maximum atomic E-state index is 5.91. The number of halogens is 1. The van der Waals surface area contributed by atoms with E-state index >= 15 is 0 Å². The van der Waals surface area contributed by atoms with Crippen LogP contribution in [0.15, 0.2) is 27.2 Å². The summed E-state index contributed by atoms with van der Waals surface area (Å²) in [6.45, 7) is 5.67. The Morgan fingerprint density at radius 1 is 1.35 bits per heavy atom. The second-order valence-corrected chi connectivity index (χ2v) is 5.52. The summed E-state index contributed by atoms with van der Waals surface area (Å²) in [5.74, 6) is 1.01. The molecule has 1 heterocycles. The smallest absolute Gasteiger partial charge is 0.246 e. The number of hydrogen-bond acceptors (Lipinski definition) is 4. The molecule has 4 nitrogen and oxygen atoms in total. The fourth-order valence-corrected chi connectivity index (χ4v) is 1.95. The first-order valence-corrected chi connectivity index (χ1v) is 6.07. The topological polar surface area (TPSA) is 64.9 Å². The van der Waals surface area contributed by atoms with Gasteiger partial charge in [-0.05, 0) is 44.5 Å². The van der Waals surface area contributed by atoms with Gasteiger partial charge in [0, 0.05) is 10.0 Å². The third kappa shape index (κ3) is 2.56. The van der Waals surface area contributed by atoms with E-state index in [2.05, 4.69) is 26.1 Å². The van der Waals surface area contributed by atoms with Crippen LogP contribution in [0.25, 0.3) is 11.4 Å². The molecule has 0 fully saturated rings. The molecule has 17 heavy (non-hydrogen) atoms. The molecule has 0 aliphatic carbocycles. The van der Waals surface area contributed by atoms with Crippen molar-refractivity contribution in [3.05, 3.63) is 34.1 Å². The first-order chi connectivity index (χ1) is 7.88. The molecule has 0 saturated carbocycles. The van der Waals surface area contributed by atoms with Crippen molar-refractivity contribution >= 4 is 15.9 Å². The van der Waals surface area contributed by atoms with Gasteiger partial charge in [0.15, 0.2) is 0 Å². The first kappa shape index (κ1) is 12.3. The SMILES string of the molecule is Cc1cc(Br)ccc1-c1noc(C(C)(C)N)n1. The quantitative estimate of drug-likeness (QED) is 0.925. The molecule has 0 amide bonds. The largest absolute Gasteiger partial charge is 0.337 e. The zero-order valence-electron chi connectivity index (χ0n) is 9.99. The second-order valence-electron chi connectivity index (χ2n) is 4.60.